The molecule has 0 radical (unpaired) electrons. The molecule has 2 amide bonds. The highest BCUT2D eigenvalue weighted by Crippen LogP contribution is 2.52. The lowest BCUT2D eigenvalue weighted by atomic mass is 9.72. The third kappa shape index (κ3) is 2.11. The number of aromatic nitrogens is 2. The van der Waals surface area contributed by atoms with Gasteiger partial charge in [0.25, 0.3) is 0 Å². The fraction of sp³-hybridized carbons (Fsp3) is 0.105. The summed E-state index contributed by atoms with van der Waals surface area (Å²) in [6.45, 7) is 0. The summed E-state index contributed by atoms with van der Waals surface area (Å²) in [5, 5.41) is 11.0. The summed E-state index contributed by atoms with van der Waals surface area (Å²) in [7, 11) is 0. The lowest BCUT2D eigenvalue weighted by Gasteiger charge is -2.32. The van der Waals surface area contributed by atoms with E-state index in [0.29, 0.717) is 38.4 Å². The molecule has 0 saturated heterocycles. The van der Waals surface area contributed by atoms with Gasteiger partial charge in [-0.25, -0.2) is 4.68 Å². The van der Waals surface area contributed by atoms with E-state index in [-0.39, 0.29) is 18.2 Å². The molecule has 6 nitrogen and oxygen atoms in total. The van der Waals surface area contributed by atoms with Crippen LogP contribution in [0.4, 0.5) is 11.5 Å². The van der Waals surface area contributed by atoms with Crippen molar-refractivity contribution in [1.29, 1.82) is 0 Å². The zero-order valence-corrected chi connectivity index (χ0v) is 15.3. The number of hydrogen-bond acceptors (Lipinski definition) is 3. The molecule has 2 aliphatic rings. The Morgan fingerprint density at radius 2 is 1.78 bits per heavy atom. The number of nitrogens with zero attached hydrogens (tertiary/aromatic N) is 2. The van der Waals surface area contributed by atoms with Crippen molar-refractivity contribution in [2.75, 3.05) is 10.6 Å². The van der Waals surface area contributed by atoms with E-state index in [1.807, 2.05) is 12.1 Å². The quantitative estimate of drug-likeness (QED) is 0.654. The van der Waals surface area contributed by atoms with E-state index in [1.165, 1.54) is 0 Å². The summed E-state index contributed by atoms with van der Waals surface area (Å²) in [5.74, 6) is -0.165. The van der Waals surface area contributed by atoms with Crippen molar-refractivity contribution >= 4 is 46.5 Å². The van der Waals surface area contributed by atoms with Gasteiger partial charge in [0.1, 0.15) is 11.2 Å². The average Bonchev–Trinajstić information content (AvgIpc) is 3.16. The summed E-state index contributed by atoms with van der Waals surface area (Å²) in [4.78, 5) is 25.7. The van der Waals surface area contributed by atoms with E-state index in [0.717, 1.165) is 0 Å². The highest BCUT2D eigenvalue weighted by Gasteiger charge is 2.55. The van der Waals surface area contributed by atoms with Crippen LogP contribution in [0.2, 0.25) is 10.0 Å². The molecule has 0 aliphatic carbocycles. The van der Waals surface area contributed by atoms with Crippen molar-refractivity contribution < 1.29 is 9.59 Å². The number of hydrogen-bond donors (Lipinski definition) is 2. The Hall–Kier alpha value is -2.83. The maximum atomic E-state index is 13.1. The predicted octanol–water partition coefficient (Wildman–Crippen LogP) is 3.76. The molecule has 5 rings (SSSR count). The molecule has 27 heavy (non-hydrogen) atoms. The van der Waals surface area contributed by atoms with Crippen LogP contribution in [0.15, 0.2) is 48.7 Å². The number of benzene rings is 2. The maximum Gasteiger partial charge on any atom is 0.240 e. The Labute approximate surface area is 164 Å². The fourth-order valence-electron chi connectivity index (χ4n) is 3.93. The second-order valence-electron chi connectivity index (χ2n) is 6.52. The first-order valence-electron chi connectivity index (χ1n) is 8.26. The molecule has 1 spiro atoms. The second kappa shape index (κ2) is 5.58. The fourth-order valence-corrected chi connectivity index (χ4v) is 4.48. The maximum absolute atomic E-state index is 13.1. The highest BCUT2D eigenvalue weighted by atomic mass is 35.5. The van der Waals surface area contributed by atoms with Gasteiger partial charge in [-0.05, 0) is 24.3 Å². The van der Waals surface area contributed by atoms with Crippen LogP contribution >= 0.6 is 23.2 Å². The van der Waals surface area contributed by atoms with E-state index in [1.54, 1.807) is 41.2 Å². The van der Waals surface area contributed by atoms with Gasteiger partial charge in [0.05, 0.1) is 16.9 Å². The second-order valence-corrected chi connectivity index (χ2v) is 7.33. The van der Waals surface area contributed by atoms with Gasteiger partial charge < -0.3 is 10.6 Å². The molecule has 2 N–H and O–H groups in total. The van der Waals surface area contributed by atoms with Crippen molar-refractivity contribution in [3.63, 3.8) is 0 Å². The number of fused-ring (bicyclic) bond motifs is 4. The Kier molecular flexibility index (Phi) is 3.38. The SMILES string of the molecule is O=C1C[C@@]2(C(=O)Nc3cccc(Cl)c32)c2cnn(-c3ccccc3Cl)c2N1. The first-order chi connectivity index (χ1) is 13.0. The number of amides is 2. The molecular formula is C19H12Cl2N4O2. The summed E-state index contributed by atoms with van der Waals surface area (Å²) in [5.41, 5.74) is 1.19. The van der Waals surface area contributed by atoms with Crippen LogP contribution in [0.5, 0.6) is 0 Å². The third-order valence-corrected chi connectivity index (χ3v) is 5.70. The van der Waals surface area contributed by atoms with Crippen LogP contribution in [-0.4, -0.2) is 21.6 Å². The normalized spacial score (nSPS) is 20.2. The number of nitrogens with one attached hydrogen (secondary N) is 2. The van der Waals surface area contributed by atoms with Crippen LogP contribution < -0.4 is 10.6 Å². The van der Waals surface area contributed by atoms with Gasteiger partial charge in [0.2, 0.25) is 11.8 Å². The minimum atomic E-state index is -1.22. The molecular weight excluding hydrogens is 387 g/mol. The number of rotatable bonds is 1. The standard InChI is InChI=1S/C19H12Cl2N4O2/c20-11-4-1-2-7-14(11)25-17-10(9-22-25)19(8-15(26)24-17)16-12(21)5-3-6-13(16)23-18(19)27/h1-7,9H,8H2,(H,23,27)(H,24,26)/t19-/m1/s1. The summed E-state index contributed by atoms with van der Waals surface area (Å²) >= 11 is 12.8. The number of carbonyl (C=O) groups excluding carboxylic acids is 2. The van der Waals surface area contributed by atoms with Crippen molar-refractivity contribution in [1.82, 2.24) is 9.78 Å². The number of carbonyl (C=O) groups is 2. The molecule has 2 aliphatic heterocycles. The van der Waals surface area contributed by atoms with Crippen molar-refractivity contribution in [3.8, 4) is 5.69 Å². The van der Waals surface area contributed by atoms with Crippen molar-refractivity contribution in [2.45, 2.75) is 11.8 Å². The van der Waals surface area contributed by atoms with Gasteiger partial charge in [-0.2, -0.15) is 5.10 Å². The molecule has 8 heteroatoms. The minimum Gasteiger partial charge on any atom is -0.325 e. The Morgan fingerprint density at radius 3 is 2.59 bits per heavy atom. The van der Waals surface area contributed by atoms with Gasteiger partial charge in [-0.3, -0.25) is 9.59 Å². The zero-order chi connectivity index (χ0) is 18.8. The first-order valence-corrected chi connectivity index (χ1v) is 9.01. The molecule has 2 aromatic carbocycles. The minimum absolute atomic E-state index is 0.0449. The molecule has 0 unspecified atom stereocenters. The van der Waals surface area contributed by atoms with Crippen LogP contribution in [0.3, 0.4) is 0 Å². The molecule has 0 fully saturated rings. The van der Waals surface area contributed by atoms with Gasteiger partial charge in [0.15, 0.2) is 0 Å². The molecule has 0 saturated carbocycles. The number of para-hydroxylation sites is 1. The summed E-state index contributed by atoms with van der Waals surface area (Å²) in [6.07, 6.45) is 1.55. The summed E-state index contributed by atoms with van der Waals surface area (Å²) in [6, 6.07) is 12.4. The molecule has 3 heterocycles. The smallest absolute Gasteiger partial charge is 0.240 e. The molecule has 1 atom stereocenters. The predicted molar refractivity (Wildman–Crippen MR) is 103 cm³/mol. The van der Waals surface area contributed by atoms with Crippen molar-refractivity contribution in [3.05, 3.63) is 69.8 Å². The lowest BCUT2D eigenvalue weighted by Crippen LogP contribution is -2.43. The first kappa shape index (κ1) is 16.4. The lowest BCUT2D eigenvalue weighted by molar-refractivity contribution is -0.125. The van der Waals surface area contributed by atoms with E-state index < -0.39 is 5.41 Å². The number of anilines is 2. The zero-order valence-electron chi connectivity index (χ0n) is 13.8. The van der Waals surface area contributed by atoms with Crippen LogP contribution in [0, 0.1) is 0 Å². The van der Waals surface area contributed by atoms with Crippen LogP contribution in [0.1, 0.15) is 17.5 Å². The van der Waals surface area contributed by atoms with Crippen LogP contribution in [-0.2, 0) is 15.0 Å². The third-order valence-electron chi connectivity index (χ3n) is 5.07. The van der Waals surface area contributed by atoms with E-state index in [2.05, 4.69) is 15.7 Å². The van der Waals surface area contributed by atoms with E-state index in [4.69, 9.17) is 23.2 Å². The Bertz CT molecular complexity index is 1140. The topological polar surface area (TPSA) is 76.0 Å². The Balaban J connectivity index is 1.81. The summed E-state index contributed by atoms with van der Waals surface area (Å²) < 4.78 is 1.54. The molecule has 134 valence electrons. The largest absolute Gasteiger partial charge is 0.325 e. The van der Waals surface area contributed by atoms with E-state index >= 15 is 0 Å². The average molecular weight is 399 g/mol. The van der Waals surface area contributed by atoms with Gasteiger partial charge in [-0.1, -0.05) is 41.4 Å². The van der Waals surface area contributed by atoms with Crippen molar-refractivity contribution in [2.24, 2.45) is 0 Å². The molecule has 1 aromatic heterocycles. The van der Waals surface area contributed by atoms with E-state index in [9.17, 15) is 9.59 Å². The van der Waals surface area contributed by atoms with Gasteiger partial charge in [-0.15, -0.1) is 0 Å². The number of halogens is 2. The molecule has 0 bridgehead atoms. The monoisotopic (exact) mass is 398 g/mol. The van der Waals surface area contributed by atoms with Crippen LogP contribution in [0.25, 0.3) is 5.69 Å². The Morgan fingerprint density at radius 1 is 1.00 bits per heavy atom. The molecule has 3 aromatic rings. The van der Waals surface area contributed by atoms with Gasteiger partial charge in [0, 0.05) is 28.3 Å². The van der Waals surface area contributed by atoms with Gasteiger partial charge >= 0.3 is 0 Å². The highest BCUT2D eigenvalue weighted by molar-refractivity contribution is 6.34.